The van der Waals surface area contributed by atoms with Gasteiger partial charge in [-0.2, -0.15) is 5.10 Å². The average molecular weight is 263 g/mol. The Kier molecular flexibility index (Phi) is 4.55. The maximum Gasteiger partial charge on any atom is 0.0492 e. The van der Waals surface area contributed by atoms with E-state index in [0.29, 0.717) is 6.04 Å². The van der Waals surface area contributed by atoms with Gasteiger partial charge in [-0.25, -0.2) is 0 Å². The zero-order chi connectivity index (χ0) is 13.0. The van der Waals surface area contributed by atoms with Gasteiger partial charge in [0.1, 0.15) is 0 Å². The standard InChI is InChI=1S/C14H21N3S/c1-4-15-13(14-11(2)8-10-18-14)6-5-12-7-9-16-17(12)3/h7-10,13,15H,4-6H2,1-3H3. The summed E-state index contributed by atoms with van der Waals surface area (Å²) in [6.45, 7) is 5.37. The Morgan fingerprint density at radius 3 is 2.83 bits per heavy atom. The normalized spacial score (nSPS) is 12.8. The van der Waals surface area contributed by atoms with Gasteiger partial charge in [-0.05, 0) is 49.4 Å². The minimum atomic E-state index is 0.463. The third kappa shape index (κ3) is 3.00. The molecule has 0 fully saturated rings. The van der Waals surface area contributed by atoms with Gasteiger partial charge in [0.15, 0.2) is 0 Å². The van der Waals surface area contributed by atoms with E-state index in [1.807, 2.05) is 29.3 Å². The third-order valence-corrected chi connectivity index (χ3v) is 4.41. The minimum absolute atomic E-state index is 0.463. The molecule has 4 heteroatoms. The Balaban J connectivity index is 2.03. The number of aryl methyl sites for hydroxylation is 3. The van der Waals surface area contributed by atoms with Crippen molar-refractivity contribution in [1.29, 1.82) is 0 Å². The van der Waals surface area contributed by atoms with Crippen LogP contribution in [0.25, 0.3) is 0 Å². The first-order valence-electron chi connectivity index (χ1n) is 6.46. The quantitative estimate of drug-likeness (QED) is 0.868. The second-order valence-electron chi connectivity index (χ2n) is 4.56. The fraction of sp³-hybridized carbons (Fsp3) is 0.500. The number of hydrogen-bond acceptors (Lipinski definition) is 3. The summed E-state index contributed by atoms with van der Waals surface area (Å²) in [7, 11) is 2.01. The highest BCUT2D eigenvalue weighted by Crippen LogP contribution is 2.27. The van der Waals surface area contributed by atoms with Gasteiger partial charge in [-0.15, -0.1) is 11.3 Å². The van der Waals surface area contributed by atoms with E-state index in [2.05, 4.69) is 41.8 Å². The van der Waals surface area contributed by atoms with Gasteiger partial charge in [-0.1, -0.05) is 6.92 Å². The van der Waals surface area contributed by atoms with Crippen molar-refractivity contribution in [3.05, 3.63) is 39.8 Å². The van der Waals surface area contributed by atoms with Crippen molar-refractivity contribution in [2.24, 2.45) is 7.05 Å². The van der Waals surface area contributed by atoms with Crippen LogP contribution < -0.4 is 5.32 Å². The van der Waals surface area contributed by atoms with E-state index >= 15 is 0 Å². The summed E-state index contributed by atoms with van der Waals surface area (Å²) in [6, 6.07) is 4.77. The predicted molar refractivity (Wildman–Crippen MR) is 77.0 cm³/mol. The molecule has 0 aliphatic heterocycles. The first-order chi connectivity index (χ1) is 8.72. The summed E-state index contributed by atoms with van der Waals surface area (Å²) in [6.07, 6.45) is 4.05. The molecule has 1 N–H and O–H groups in total. The van der Waals surface area contributed by atoms with Crippen molar-refractivity contribution in [3.63, 3.8) is 0 Å². The molecule has 98 valence electrons. The lowest BCUT2D eigenvalue weighted by molar-refractivity contribution is 0.511. The summed E-state index contributed by atoms with van der Waals surface area (Å²) in [5.41, 5.74) is 2.70. The fourth-order valence-electron chi connectivity index (χ4n) is 2.25. The van der Waals surface area contributed by atoms with E-state index in [4.69, 9.17) is 0 Å². The number of aromatic nitrogens is 2. The summed E-state index contributed by atoms with van der Waals surface area (Å²) < 4.78 is 1.96. The third-order valence-electron chi connectivity index (χ3n) is 3.28. The van der Waals surface area contributed by atoms with Gasteiger partial charge in [0, 0.05) is 29.9 Å². The second kappa shape index (κ2) is 6.16. The van der Waals surface area contributed by atoms with Crippen LogP contribution in [0.1, 0.15) is 35.5 Å². The predicted octanol–water partition coefficient (Wildman–Crippen LogP) is 3.07. The van der Waals surface area contributed by atoms with Crippen LogP contribution in [-0.2, 0) is 13.5 Å². The maximum atomic E-state index is 4.22. The van der Waals surface area contributed by atoms with Crippen LogP contribution in [0.5, 0.6) is 0 Å². The lowest BCUT2D eigenvalue weighted by atomic mass is 10.1. The first-order valence-corrected chi connectivity index (χ1v) is 7.34. The van der Waals surface area contributed by atoms with Gasteiger partial charge < -0.3 is 5.32 Å². The summed E-state index contributed by atoms with van der Waals surface area (Å²) in [5, 5.41) is 9.99. The molecule has 0 saturated carbocycles. The highest BCUT2D eigenvalue weighted by atomic mass is 32.1. The van der Waals surface area contributed by atoms with Crippen LogP contribution in [0.4, 0.5) is 0 Å². The molecule has 0 aliphatic rings. The molecule has 0 amide bonds. The van der Waals surface area contributed by atoms with E-state index in [9.17, 15) is 0 Å². The topological polar surface area (TPSA) is 29.9 Å². The van der Waals surface area contributed by atoms with Crippen molar-refractivity contribution in [3.8, 4) is 0 Å². The molecule has 0 bridgehead atoms. The molecule has 2 aromatic heterocycles. The largest absolute Gasteiger partial charge is 0.310 e. The Morgan fingerprint density at radius 1 is 1.44 bits per heavy atom. The van der Waals surface area contributed by atoms with E-state index < -0.39 is 0 Å². The van der Waals surface area contributed by atoms with Gasteiger partial charge in [0.05, 0.1) is 0 Å². The van der Waals surface area contributed by atoms with Crippen LogP contribution in [0, 0.1) is 6.92 Å². The number of thiophene rings is 1. The highest BCUT2D eigenvalue weighted by molar-refractivity contribution is 7.10. The average Bonchev–Trinajstić information content (AvgIpc) is 2.94. The molecule has 3 nitrogen and oxygen atoms in total. The fourth-order valence-corrected chi connectivity index (χ4v) is 3.29. The zero-order valence-electron chi connectivity index (χ0n) is 11.3. The van der Waals surface area contributed by atoms with Gasteiger partial charge in [0.25, 0.3) is 0 Å². The van der Waals surface area contributed by atoms with Crippen LogP contribution >= 0.6 is 11.3 Å². The Hall–Kier alpha value is -1.13. The number of rotatable bonds is 6. The summed E-state index contributed by atoms with van der Waals surface area (Å²) in [5.74, 6) is 0. The van der Waals surface area contributed by atoms with Crippen LogP contribution in [0.3, 0.4) is 0 Å². The van der Waals surface area contributed by atoms with Gasteiger partial charge in [-0.3, -0.25) is 4.68 Å². The summed E-state index contributed by atoms with van der Waals surface area (Å²) in [4.78, 5) is 1.47. The lowest BCUT2D eigenvalue weighted by Crippen LogP contribution is -2.21. The first kappa shape index (κ1) is 13.3. The monoisotopic (exact) mass is 263 g/mol. The van der Waals surface area contributed by atoms with Crippen molar-refractivity contribution in [2.45, 2.75) is 32.7 Å². The molecule has 2 rings (SSSR count). The van der Waals surface area contributed by atoms with E-state index in [1.165, 1.54) is 16.1 Å². The minimum Gasteiger partial charge on any atom is -0.310 e. The van der Waals surface area contributed by atoms with Gasteiger partial charge >= 0.3 is 0 Å². The van der Waals surface area contributed by atoms with Crippen LogP contribution in [0.2, 0.25) is 0 Å². The highest BCUT2D eigenvalue weighted by Gasteiger charge is 2.14. The molecule has 0 radical (unpaired) electrons. The molecule has 1 unspecified atom stereocenters. The molecule has 0 aliphatic carbocycles. The van der Waals surface area contributed by atoms with Crippen LogP contribution in [-0.4, -0.2) is 16.3 Å². The van der Waals surface area contributed by atoms with Crippen LogP contribution in [0.15, 0.2) is 23.7 Å². The van der Waals surface area contributed by atoms with Crippen molar-refractivity contribution < 1.29 is 0 Å². The molecule has 0 saturated heterocycles. The smallest absolute Gasteiger partial charge is 0.0492 e. The Labute approximate surface area is 113 Å². The summed E-state index contributed by atoms with van der Waals surface area (Å²) >= 11 is 1.85. The molecule has 2 aromatic rings. The number of hydrogen-bond donors (Lipinski definition) is 1. The second-order valence-corrected chi connectivity index (χ2v) is 5.51. The number of nitrogens with zero attached hydrogens (tertiary/aromatic N) is 2. The lowest BCUT2D eigenvalue weighted by Gasteiger charge is -2.17. The van der Waals surface area contributed by atoms with Crippen molar-refractivity contribution in [2.75, 3.05) is 6.54 Å². The molecule has 2 heterocycles. The van der Waals surface area contributed by atoms with E-state index in [1.54, 1.807) is 0 Å². The SMILES string of the molecule is CCNC(CCc1ccnn1C)c1sccc1C. The molecule has 0 aromatic carbocycles. The van der Waals surface area contributed by atoms with Crippen molar-refractivity contribution in [1.82, 2.24) is 15.1 Å². The molecule has 1 atom stereocenters. The molecular weight excluding hydrogens is 242 g/mol. The zero-order valence-corrected chi connectivity index (χ0v) is 12.1. The van der Waals surface area contributed by atoms with E-state index in [-0.39, 0.29) is 0 Å². The maximum absolute atomic E-state index is 4.22. The van der Waals surface area contributed by atoms with E-state index in [0.717, 1.165) is 19.4 Å². The Morgan fingerprint density at radius 2 is 2.28 bits per heavy atom. The molecule has 18 heavy (non-hydrogen) atoms. The molecule has 0 spiro atoms. The van der Waals surface area contributed by atoms with Gasteiger partial charge in [0.2, 0.25) is 0 Å². The number of nitrogens with one attached hydrogen (secondary N) is 1. The van der Waals surface area contributed by atoms with Crippen molar-refractivity contribution >= 4 is 11.3 Å². The Bertz CT molecular complexity index is 487. The molecular formula is C14H21N3S.